The first-order valence-corrected chi connectivity index (χ1v) is 15.9. The molecular weight excluding hydrogens is 577 g/mol. The van der Waals surface area contributed by atoms with Crippen LogP contribution in [0, 0.1) is 74.1 Å². The van der Waals surface area contributed by atoms with Gasteiger partial charge in [-0.2, -0.15) is 0 Å². The van der Waals surface area contributed by atoms with Crippen molar-refractivity contribution in [3.8, 4) is 74.1 Å². The number of hydrogen-bond acceptors (Lipinski definition) is 0. The van der Waals surface area contributed by atoms with Crippen molar-refractivity contribution in [2.24, 2.45) is 0 Å². The molecule has 1 aromatic rings. The number of benzene rings is 1. The van der Waals surface area contributed by atoms with Crippen molar-refractivity contribution in [2.45, 2.75) is 35.5 Å². The van der Waals surface area contributed by atoms with Gasteiger partial charge in [0.15, 0.2) is 0 Å². The minimum atomic E-state index is -0.235. The Morgan fingerprint density at radius 3 is 0.542 bits per heavy atom. The number of hydrogen-bond donors (Lipinski definition) is 0. The van der Waals surface area contributed by atoms with Crippen molar-refractivity contribution < 1.29 is 0 Å². The normalized spacial score (nSPS) is 26.9. The summed E-state index contributed by atoms with van der Waals surface area (Å²) in [6.07, 6.45) is 74.8. The Labute approximate surface area is 284 Å². The van der Waals surface area contributed by atoms with Crippen LogP contribution in [-0.4, -0.2) is 0 Å². The van der Waals surface area contributed by atoms with E-state index < -0.39 is 0 Å². The second kappa shape index (κ2) is 12.3. The van der Waals surface area contributed by atoms with Gasteiger partial charge in [-0.15, -0.1) is 38.5 Å². The third-order valence-electron chi connectivity index (χ3n) is 10.1. The first-order chi connectivity index (χ1) is 23.6. The number of allylic oxidation sites excluding steroid dienone is 24. The molecule has 7 rings (SSSR count). The van der Waals surface area contributed by atoms with Crippen LogP contribution in [0.5, 0.6) is 0 Å². The zero-order valence-electron chi connectivity index (χ0n) is 26.3. The lowest BCUT2D eigenvalue weighted by molar-refractivity contribution is 0.810. The Bertz CT molecular complexity index is 1860. The monoisotopic (exact) mass is 606 g/mol. The van der Waals surface area contributed by atoms with E-state index in [9.17, 15) is 0 Å². The average molecular weight is 607 g/mol. The van der Waals surface area contributed by atoms with Crippen LogP contribution in [0.1, 0.15) is 68.9 Å². The summed E-state index contributed by atoms with van der Waals surface area (Å²) in [5.74, 6) is 16.5. The lowest BCUT2D eigenvalue weighted by atomic mass is 9.64. The topological polar surface area (TPSA) is 0 Å². The Morgan fingerprint density at radius 1 is 0.271 bits per heavy atom. The highest BCUT2D eigenvalue weighted by molar-refractivity contribution is 5.75. The smallest absolute Gasteiger partial charge is 0.0358 e. The standard InChI is InChI=1S/C48H30/c1-7-31-19-13-25-37(31)43-44(38-26-14-20-32(38)8-2)46(40-28-16-22-34(40)10-4)48(42-30-18-24-36(42)12-6)47(41-29-17-23-35(41)11-5)45(43)39-27-15-21-33(39)9-3/h1-6,13-30,37-42H. The zero-order valence-corrected chi connectivity index (χ0v) is 26.3. The molecule has 6 aliphatic rings. The summed E-state index contributed by atoms with van der Waals surface area (Å²) >= 11 is 0. The van der Waals surface area contributed by atoms with Crippen molar-refractivity contribution in [3.63, 3.8) is 0 Å². The van der Waals surface area contributed by atoms with Crippen LogP contribution in [-0.2, 0) is 0 Å². The minimum Gasteiger partial charge on any atom is -0.115 e. The van der Waals surface area contributed by atoms with Gasteiger partial charge in [-0.1, -0.05) is 108 Å². The molecule has 48 heavy (non-hydrogen) atoms. The molecule has 6 atom stereocenters. The summed E-state index contributed by atoms with van der Waals surface area (Å²) in [4.78, 5) is 0. The van der Waals surface area contributed by atoms with Gasteiger partial charge in [0.25, 0.3) is 0 Å². The first kappa shape index (κ1) is 30.1. The van der Waals surface area contributed by atoms with Crippen LogP contribution in [0.2, 0.25) is 0 Å². The number of terminal acetylenes is 6. The Balaban J connectivity index is 1.77. The highest BCUT2D eigenvalue weighted by Crippen LogP contribution is 2.57. The molecule has 0 aliphatic heterocycles. The molecule has 0 saturated heterocycles. The van der Waals surface area contributed by atoms with Gasteiger partial charge in [0.1, 0.15) is 0 Å². The Hall–Kier alpha value is -6.54. The molecule has 6 aliphatic carbocycles. The molecule has 0 saturated carbocycles. The third-order valence-corrected chi connectivity index (χ3v) is 10.1. The summed E-state index contributed by atoms with van der Waals surface area (Å²) < 4.78 is 0. The van der Waals surface area contributed by atoms with Gasteiger partial charge in [0.2, 0.25) is 0 Å². The van der Waals surface area contributed by atoms with Crippen LogP contribution < -0.4 is 0 Å². The highest BCUT2D eigenvalue weighted by Gasteiger charge is 2.42. The van der Waals surface area contributed by atoms with Gasteiger partial charge < -0.3 is 0 Å². The molecule has 0 amide bonds. The summed E-state index contributed by atoms with van der Waals surface area (Å²) in [6.45, 7) is 0. The molecule has 0 heterocycles. The van der Waals surface area contributed by atoms with Crippen LogP contribution >= 0.6 is 0 Å². The summed E-state index contributed by atoms with van der Waals surface area (Å²) in [7, 11) is 0. The number of rotatable bonds is 6. The fourth-order valence-electron chi connectivity index (χ4n) is 8.08. The van der Waals surface area contributed by atoms with E-state index in [0.29, 0.717) is 0 Å². The molecule has 0 heteroatoms. The predicted octanol–water partition coefficient (Wildman–Crippen LogP) is 8.96. The van der Waals surface area contributed by atoms with Crippen LogP contribution in [0.15, 0.2) is 143 Å². The second-order valence-electron chi connectivity index (χ2n) is 12.3. The van der Waals surface area contributed by atoms with Crippen molar-refractivity contribution in [1.82, 2.24) is 0 Å². The molecule has 0 spiro atoms. The molecular formula is C48H30. The van der Waals surface area contributed by atoms with Gasteiger partial charge in [0.05, 0.1) is 0 Å². The van der Waals surface area contributed by atoms with E-state index in [0.717, 1.165) is 66.8 Å². The van der Waals surface area contributed by atoms with E-state index in [1.165, 1.54) is 0 Å². The van der Waals surface area contributed by atoms with E-state index in [1.54, 1.807) is 0 Å². The molecule has 6 unspecified atom stereocenters. The van der Waals surface area contributed by atoms with E-state index in [4.69, 9.17) is 38.5 Å². The van der Waals surface area contributed by atoms with E-state index in [1.807, 2.05) is 72.9 Å². The fourth-order valence-corrected chi connectivity index (χ4v) is 8.08. The molecule has 0 nitrogen and oxygen atoms in total. The lowest BCUT2D eigenvalue weighted by Crippen LogP contribution is -2.24. The van der Waals surface area contributed by atoms with Crippen molar-refractivity contribution in [3.05, 3.63) is 176 Å². The summed E-state index contributed by atoms with van der Waals surface area (Å²) in [5, 5.41) is 0. The van der Waals surface area contributed by atoms with Gasteiger partial charge >= 0.3 is 0 Å². The molecule has 1 aromatic carbocycles. The molecule has 0 fully saturated rings. The largest absolute Gasteiger partial charge is 0.115 e. The summed E-state index contributed by atoms with van der Waals surface area (Å²) in [5.41, 5.74) is 11.6. The zero-order chi connectivity index (χ0) is 33.4. The van der Waals surface area contributed by atoms with Crippen LogP contribution in [0.25, 0.3) is 0 Å². The maximum absolute atomic E-state index is 6.24. The third kappa shape index (κ3) is 4.53. The molecule has 222 valence electrons. The quantitative estimate of drug-likeness (QED) is 0.284. The molecule has 0 N–H and O–H groups in total. The highest BCUT2D eigenvalue weighted by atomic mass is 14.4. The van der Waals surface area contributed by atoms with Crippen molar-refractivity contribution >= 4 is 0 Å². The molecule has 0 radical (unpaired) electrons. The van der Waals surface area contributed by atoms with Crippen LogP contribution in [0.3, 0.4) is 0 Å². The first-order valence-electron chi connectivity index (χ1n) is 15.9. The van der Waals surface area contributed by atoms with Crippen molar-refractivity contribution in [2.75, 3.05) is 0 Å². The Kier molecular flexibility index (Phi) is 7.74. The summed E-state index contributed by atoms with van der Waals surface area (Å²) in [6, 6.07) is 0. The van der Waals surface area contributed by atoms with E-state index in [2.05, 4.69) is 72.0 Å². The molecule has 0 aromatic heterocycles. The second-order valence-corrected chi connectivity index (χ2v) is 12.3. The van der Waals surface area contributed by atoms with Gasteiger partial charge in [0, 0.05) is 68.9 Å². The maximum Gasteiger partial charge on any atom is 0.0358 e. The predicted molar refractivity (Wildman–Crippen MR) is 199 cm³/mol. The van der Waals surface area contributed by atoms with Crippen LogP contribution in [0.4, 0.5) is 0 Å². The average Bonchev–Trinajstić information content (AvgIpc) is 3.97. The SMILES string of the molecule is C#CC1=CC=CC1c1c(C2C=CC=C2C#C)c(C2C=CC=C2C#C)c(C2C=CC=C2C#C)c(C2C=CC=C2C#C)c1C1C=CC=C1C#C. The lowest BCUT2D eigenvalue weighted by Gasteiger charge is -2.38. The van der Waals surface area contributed by atoms with E-state index >= 15 is 0 Å². The van der Waals surface area contributed by atoms with Gasteiger partial charge in [-0.3, -0.25) is 0 Å². The fraction of sp³-hybridized carbons (Fsp3) is 0.125. The maximum atomic E-state index is 6.24. The van der Waals surface area contributed by atoms with Crippen molar-refractivity contribution in [1.29, 1.82) is 0 Å². The Morgan fingerprint density at radius 2 is 0.417 bits per heavy atom. The van der Waals surface area contributed by atoms with Gasteiger partial charge in [-0.25, -0.2) is 0 Å². The van der Waals surface area contributed by atoms with Gasteiger partial charge in [-0.05, 0) is 69.8 Å². The van der Waals surface area contributed by atoms with E-state index in [-0.39, 0.29) is 35.5 Å². The molecule has 0 bridgehead atoms. The minimum absolute atomic E-state index is 0.235.